The van der Waals surface area contributed by atoms with Crippen molar-refractivity contribution in [2.45, 2.75) is 46.3 Å². The molecule has 1 amide bonds. The van der Waals surface area contributed by atoms with Crippen LogP contribution in [0.1, 0.15) is 42.3 Å². The highest BCUT2D eigenvalue weighted by atomic mass is 16.5. The van der Waals surface area contributed by atoms with Gasteiger partial charge < -0.3 is 19.7 Å². The Labute approximate surface area is 217 Å². The molecule has 4 aromatic rings. The van der Waals surface area contributed by atoms with Gasteiger partial charge in [-0.1, -0.05) is 73.7 Å². The normalized spacial score (nSPS) is 12.7. The lowest BCUT2D eigenvalue weighted by atomic mass is 9.98. The van der Waals surface area contributed by atoms with Gasteiger partial charge in [0.1, 0.15) is 18.4 Å². The second kappa shape index (κ2) is 11.8. The number of fused-ring (bicyclic) bond motifs is 1. The zero-order valence-corrected chi connectivity index (χ0v) is 21.6. The van der Waals surface area contributed by atoms with Gasteiger partial charge in [-0.3, -0.25) is 9.59 Å². The maximum absolute atomic E-state index is 13.2. The van der Waals surface area contributed by atoms with Gasteiger partial charge in [-0.15, -0.1) is 0 Å². The number of carboxylic acid groups (broad SMARTS) is 1. The van der Waals surface area contributed by atoms with Crippen LogP contribution in [0.15, 0.2) is 78.9 Å². The fourth-order valence-corrected chi connectivity index (χ4v) is 4.77. The molecule has 0 radical (unpaired) electrons. The molecule has 2 atom stereocenters. The summed E-state index contributed by atoms with van der Waals surface area (Å²) >= 11 is 0. The summed E-state index contributed by atoms with van der Waals surface area (Å²) in [6.45, 7) is 6.48. The van der Waals surface area contributed by atoms with Crippen molar-refractivity contribution < 1.29 is 19.4 Å². The van der Waals surface area contributed by atoms with Gasteiger partial charge in [0.2, 0.25) is 5.91 Å². The Bertz CT molecular complexity index is 1360. The topological polar surface area (TPSA) is 80.6 Å². The first-order valence-corrected chi connectivity index (χ1v) is 12.7. The van der Waals surface area contributed by atoms with Gasteiger partial charge in [0.15, 0.2) is 0 Å². The zero-order valence-electron chi connectivity index (χ0n) is 21.6. The molecule has 37 heavy (non-hydrogen) atoms. The minimum absolute atomic E-state index is 0.0793. The van der Waals surface area contributed by atoms with Crippen molar-refractivity contribution in [2.24, 2.45) is 5.92 Å². The highest BCUT2D eigenvalue weighted by Gasteiger charge is 2.26. The number of ether oxygens (including phenoxy) is 1. The van der Waals surface area contributed by atoms with E-state index in [0.29, 0.717) is 25.3 Å². The standard InChI is InChI=1S/C31H34N2O4/c1-21(31(35)36)19-26-22(2)33(23(3)30(34)32-18-17-24-11-6-4-7-12-24)27-15-10-16-28(29(26)27)37-20-25-13-8-5-9-14-25/h4-16,21,23H,17-20H2,1-3H3,(H,32,34)(H,35,36). The summed E-state index contributed by atoms with van der Waals surface area (Å²) in [5.41, 5.74) is 4.86. The maximum Gasteiger partial charge on any atom is 0.306 e. The van der Waals surface area contributed by atoms with Crippen LogP contribution >= 0.6 is 0 Å². The van der Waals surface area contributed by atoms with E-state index in [9.17, 15) is 14.7 Å². The second-order valence-electron chi connectivity index (χ2n) is 9.50. The largest absolute Gasteiger partial charge is 0.488 e. The molecule has 0 fully saturated rings. The fraction of sp³-hybridized carbons (Fsp3) is 0.290. The highest BCUT2D eigenvalue weighted by Crippen LogP contribution is 2.37. The van der Waals surface area contributed by atoms with Crippen molar-refractivity contribution in [3.8, 4) is 5.75 Å². The molecular formula is C31H34N2O4. The van der Waals surface area contributed by atoms with E-state index >= 15 is 0 Å². The summed E-state index contributed by atoms with van der Waals surface area (Å²) in [7, 11) is 0. The third-order valence-electron chi connectivity index (χ3n) is 6.86. The van der Waals surface area contributed by atoms with Crippen LogP contribution in [-0.2, 0) is 29.0 Å². The number of hydrogen-bond donors (Lipinski definition) is 2. The number of amides is 1. The Kier molecular flexibility index (Phi) is 8.29. The molecule has 0 aliphatic carbocycles. The molecular weight excluding hydrogens is 464 g/mol. The summed E-state index contributed by atoms with van der Waals surface area (Å²) in [5.74, 6) is -0.818. The molecule has 1 heterocycles. The summed E-state index contributed by atoms with van der Waals surface area (Å²) in [6.07, 6.45) is 1.10. The Morgan fingerprint density at radius 2 is 1.57 bits per heavy atom. The van der Waals surface area contributed by atoms with Crippen molar-refractivity contribution in [2.75, 3.05) is 6.54 Å². The summed E-state index contributed by atoms with van der Waals surface area (Å²) in [6, 6.07) is 25.3. The monoisotopic (exact) mass is 498 g/mol. The van der Waals surface area contributed by atoms with E-state index in [1.54, 1.807) is 6.92 Å². The van der Waals surface area contributed by atoms with E-state index in [1.165, 1.54) is 5.56 Å². The van der Waals surface area contributed by atoms with Crippen molar-refractivity contribution >= 4 is 22.8 Å². The minimum atomic E-state index is -0.852. The van der Waals surface area contributed by atoms with Gasteiger partial charge in [0.05, 0.1) is 11.4 Å². The molecule has 0 aliphatic rings. The number of aliphatic carboxylic acids is 1. The second-order valence-corrected chi connectivity index (χ2v) is 9.50. The van der Waals surface area contributed by atoms with Crippen LogP contribution in [0, 0.1) is 12.8 Å². The predicted molar refractivity (Wildman–Crippen MR) is 146 cm³/mol. The number of benzene rings is 3. The molecule has 2 unspecified atom stereocenters. The van der Waals surface area contributed by atoms with E-state index in [0.717, 1.165) is 34.1 Å². The van der Waals surface area contributed by atoms with E-state index in [4.69, 9.17) is 4.74 Å². The Hall–Kier alpha value is -4.06. The van der Waals surface area contributed by atoms with Crippen LogP contribution < -0.4 is 10.1 Å². The van der Waals surface area contributed by atoms with Crippen LogP contribution in [0.25, 0.3) is 10.9 Å². The number of carbonyl (C=O) groups is 2. The van der Waals surface area contributed by atoms with Gasteiger partial charge in [-0.2, -0.15) is 0 Å². The van der Waals surface area contributed by atoms with Gasteiger partial charge in [-0.05, 0) is 55.5 Å². The van der Waals surface area contributed by atoms with Gasteiger partial charge >= 0.3 is 5.97 Å². The van der Waals surface area contributed by atoms with E-state index < -0.39 is 17.9 Å². The van der Waals surface area contributed by atoms with Crippen LogP contribution in [-0.4, -0.2) is 28.1 Å². The van der Waals surface area contributed by atoms with Crippen LogP contribution in [0.2, 0.25) is 0 Å². The third kappa shape index (κ3) is 6.02. The van der Waals surface area contributed by atoms with E-state index in [-0.39, 0.29) is 5.91 Å². The first-order valence-electron chi connectivity index (χ1n) is 12.7. The molecule has 0 saturated heterocycles. The first kappa shape index (κ1) is 26.0. The minimum Gasteiger partial charge on any atom is -0.488 e. The lowest BCUT2D eigenvalue weighted by Gasteiger charge is -2.18. The van der Waals surface area contributed by atoms with Crippen molar-refractivity contribution in [3.63, 3.8) is 0 Å². The van der Waals surface area contributed by atoms with Crippen molar-refractivity contribution in [1.29, 1.82) is 0 Å². The van der Waals surface area contributed by atoms with Gasteiger partial charge in [0.25, 0.3) is 0 Å². The molecule has 0 saturated carbocycles. The first-order chi connectivity index (χ1) is 17.9. The smallest absolute Gasteiger partial charge is 0.306 e. The average Bonchev–Trinajstić information content (AvgIpc) is 3.19. The third-order valence-corrected chi connectivity index (χ3v) is 6.86. The molecule has 0 aliphatic heterocycles. The maximum atomic E-state index is 13.2. The number of nitrogens with one attached hydrogen (secondary N) is 1. The summed E-state index contributed by atoms with van der Waals surface area (Å²) in [4.78, 5) is 24.9. The summed E-state index contributed by atoms with van der Waals surface area (Å²) < 4.78 is 8.26. The number of carbonyl (C=O) groups excluding carboxylic acids is 1. The van der Waals surface area contributed by atoms with Crippen LogP contribution in [0.4, 0.5) is 0 Å². The lowest BCUT2D eigenvalue weighted by molar-refractivity contribution is -0.141. The summed E-state index contributed by atoms with van der Waals surface area (Å²) in [5, 5.41) is 13.6. The van der Waals surface area contributed by atoms with Crippen LogP contribution in [0.3, 0.4) is 0 Å². The van der Waals surface area contributed by atoms with Crippen molar-refractivity contribution in [3.05, 3.63) is 101 Å². The Morgan fingerprint density at radius 3 is 2.22 bits per heavy atom. The molecule has 0 bridgehead atoms. The molecule has 1 aromatic heterocycles. The number of rotatable bonds is 11. The van der Waals surface area contributed by atoms with Gasteiger partial charge in [-0.25, -0.2) is 0 Å². The molecule has 2 N–H and O–H groups in total. The number of nitrogens with zero attached hydrogens (tertiary/aromatic N) is 1. The van der Waals surface area contributed by atoms with Crippen molar-refractivity contribution in [1.82, 2.24) is 9.88 Å². The molecule has 4 rings (SSSR count). The van der Waals surface area contributed by atoms with Crippen LogP contribution in [0.5, 0.6) is 5.75 Å². The Balaban J connectivity index is 1.65. The molecule has 6 heteroatoms. The number of carboxylic acids is 1. The Morgan fingerprint density at radius 1 is 0.919 bits per heavy atom. The average molecular weight is 499 g/mol. The number of hydrogen-bond acceptors (Lipinski definition) is 3. The SMILES string of the molecule is Cc1c(CC(C)C(=O)O)c2c(OCc3ccccc3)cccc2n1C(C)C(=O)NCCc1ccccc1. The molecule has 3 aromatic carbocycles. The van der Waals surface area contributed by atoms with Gasteiger partial charge in [0, 0.05) is 17.6 Å². The quantitative estimate of drug-likeness (QED) is 0.278. The lowest BCUT2D eigenvalue weighted by Crippen LogP contribution is -2.32. The fourth-order valence-electron chi connectivity index (χ4n) is 4.77. The highest BCUT2D eigenvalue weighted by molar-refractivity contribution is 5.93. The zero-order chi connectivity index (χ0) is 26.4. The predicted octanol–water partition coefficient (Wildman–Crippen LogP) is 5.71. The molecule has 6 nitrogen and oxygen atoms in total. The molecule has 0 spiro atoms. The van der Waals surface area contributed by atoms with E-state index in [1.807, 2.05) is 97.3 Å². The molecule has 192 valence electrons. The number of aromatic nitrogens is 1. The van der Waals surface area contributed by atoms with E-state index in [2.05, 4.69) is 5.32 Å².